The Kier molecular flexibility index (Phi) is 4.51. The zero-order chi connectivity index (χ0) is 19.3. The third kappa shape index (κ3) is 2.97. The van der Waals surface area contributed by atoms with Gasteiger partial charge in [0.1, 0.15) is 5.82 Å². The molecule has 3 aromatic rings. The summed E-state index contributed by atoms with van der Waals surface area (Å²) in [5.41, 5.74) is 7.08. The molecule has 146 valence electrons. The molecule has 3 heteroatoms. The van der Waals surface area contributed by atoms with E-state index in [-0.39, 0.29) is 5.82 Å². The van der Waals surface area contributed by atoms with Gasteiger partial charge in [0.15, 0.2) is 0 Å². The molecule has 0 spiro atoms. The predicted octanol–water partition coefficient (Wildman–Crippen LogP) is 5.98. The van der Waals surface area contributed by atoms with Gasteiger partial charge in [-0.1, -0.05) is 36.6 Å². The van der Waals surface area contributed by atoms with Crippen LogP contribution in [0.5, 0.6) is 0 Å². The number of hydrogen-bond donors (Lipinski definition) is 0. The van der Waals surface area contributed by atoms with Gasteiger partial charge in [-0.05, 0) is 62.2 Å². The van der Waals surface area contributed by atoms with Crippen LogP contribution in [-0.2, 0) is 13.0 Å². The van der Waals surface area contributed by atoms with E-state index in [4.69, 9.17) is 0 Å². The van der Waals surface area contributed by atoms with E-state index >= 15 is 0 Å². The Balaban J connectivity index is 1.67. The molecule has 2 nitrogen and oxygen atoms in total. The highest BCUT2D eigenvalue weighted by Gasteiger charge is 2.33. The smallest absolute Gasteiger partial charge is 0.123 e. The first kappa shape index (κ1) is 17.9. The number of rotatable bonds is 2. The van der Waals surface area contributed by atoms with Crippen molar-refractivity contribution in [1.82, 2.24) is 9.47 Å². The highest BCUT2D eigenvalue weighted by Crippen LogP contribution is 2.45. The molecule has 0 N–H and O–H groups in total. The van der Waals surface area contributed by atoms with E-state index in [9.17, 15) is 4.39 Å². The van der Waals surface area contributed by atoms with Gasteiger partial charge in [0.25, 0.3) is 0 Å². The molecule has 1 saturated carbocycles. The Labute approximate surface area is 167 Å². The van der Waals surface area contributed by atoms with Crippen molar-refractivity contribution in [2.45, 2.75) is 57.5 Å². The number of aryl methyl sites for hydroxylation is 1. The van der Waals surface area contributed by atoms with Crippen LogP contribution >= 0.6 is 0 Å². The van der Waals surface area contributed by atoms with E-state index in [1.165, 1.54) is 59.0 Å². The highest BCUT2D eigenvalue weighted by atomic mass is 19.1. The van der Waals surface area contributed by atoms with Crippen molar-refractivity contribution in [3.63, 3.8) is 0 Å². The van der Waals surface area contributed by atoms with Gasteiger partial charge < -0.3 is 9.47 Å². The second kappa shape index (κ2) is 7.04. The third-order valence-corrected chi connectivity index (χ3v) is 6.89. The van der Waals surface area contributed by atoms with Gasteiger partial charge in [-0.15, -0.1) is 0 Å². The van der Waals surface area contributed by atoms with E-state index in [2.05, 4.69) is 41.6 Å². The molecule has 0 unspecified atom stereocenters. The lowest BCUT2D eigenvalue weighted by Gasteiger charge is -2.36. The fourth-order valence-corrected chi connectivity index (χ4v) is 5.54. The maximum absolute atomic E-state index is 13.5. The summed E-state index contributed by atoms with van der Waals surface area (Å²) in [4.78, 5) is 2.44. The number of nitrogens with zero attached hydrogens (tertiary/aromatic N) is 2. The van der Waals surface area contributed by atoms with Gasteiger partial charge in [-0.25, -0.2) is 4.39 Å². The third-order valence-electron chi connectivity index (χ3n) is 6.89. The summed E-state index contributed by atoms with van der Waals surface area (Å²) in [5.74, 6) is 0.327. The molecule has 28 heavy (non-hydrogen) atoms. The van der Waals surface area contributed by atoms with Crippen LogP contribution in [0.4, 0.5) is 4.39 Å². The Morgan fingerprint density at radius 1 is 1.00 bits per heavy atom. The number of halogens is 1. The molecule has 0 amide bonds. The first-order chi connectivity index (χ1) is 13.6. The van der Waals surface area contributed by atoms with Crippen molar-refractivity contribution < 1.29 is 4.39 Å². The number of likely N-dealkylation sites (N-methyl/N-ethyl adjacent to an activating group) is 1. The van der Waals surface area contributed by atoms with Gasteiger partial charge >= 0.3 is 0 Å². The van der Waals surface area contributed by atoms with E-state index in [0.29, 0.717) is 12.0 Å². The first-order valence-electron chi connectivity index (χ1n) is 10.7. The summed E-state index contributed by atoms with van der Waals surface area (Å²) in [5, 5.41) is 1.44. The van der Waals surface area contributed by atoms with Crippen LogP contribution in [0.25, 0.3) is 10.9 Å². The minimum atomic E-state index is -0.140. The quantitative estimate of drug-likeness (QED) is 0.534. The summed E-state index contributed by atoms with van der Waals surface area (Å²) in [6, 6.07) is 14.7. The van der Waals surface area contributed by atoms with Crippen LogP contribution in [0, 0.1) is 12.7 Å². The summed E-state index contributed by atoms with van der Waals surface area (Å²) in [6.45, 7) is 4.35. The fourth-order valence-electron chi connectivity index (χ4n) is 5.54. The highest BCUT2D eigenvalue weighted by molar-refractivity contribution is 5.86. The maximum Gasteiger partial charge on any atom is 0.123 e. The van der Waals surface area contributed by atoms with Crippen LogP contribution in [0.2, 0.25) is 0 Å². The molecule has 1 aromatic heterocycles. The zero-order valence-corrected chi connectivity index (χ0v) is 16.9. The molecule has 0 saturated heterocycles. The lowest BCUT2D eigenvalue weighted by Crippen LogP contribution is -2.30. The van der Waals surface area contributed by atoms with Crippen molar-refractivity contribution in [1.29, 1.82) is 0 Å². The number of fused-ring (bicyclic) bond motifs is 3. The second-order valence-corrected chi connectivity index (χ2v) is 8.81. The molecule has 0 bridgehead atoms. The maximum atomic E-state index is 13.5. The SMILES string of the molecule is Cc1ccc2c(c1)c1c(n2[C@@H]2CCCC[C@H]2c2ccc(F)cc2)CCN(C)C1. The lowest BCUT2D eigenvalue weighted by molar-refractivity contribution is 0.281. The minimum absolute atomic E-state index is 0.140. The molecule has 2 aliphatic rings. The van der Waals surface area contributed by atoms with Crippen molar-refractivity contribution in [2.75, 3.05) is 13.6 Å². The monoisotopic (exact) mass is 376 g/mol. The molecule has 2 aromatic carbocycles. The van der Waals surface area contributed by atoms with Gasteiger partial charge in [-0.2, -0.15) is 0 Å². The molecule has 5 rings (SSSR count). The van der Waals surface area contributed by atoms with E-state index in [1.54, 1.807) is 12.1 Å². The van der Waals surface area contributed by atoms with Gasteiger partial charge in [-0.3, -0.25) is 0 Å². The number of hydrogen-bond acceptors (Lipinski definition) is 1. The number of benzene rings is 2. The molecule has 1 aliphatic carbocycles. The van der Waals surface area contributed by atoms with E-state index in [0.717, 1.165) is 19.5 Å². The van der Waals surface area contributed by atoms with Crippen molar-refractivity contribution >= 4 is 10.9 Å². The molecule has 0 radical (unpaired) electrons. The summed E-state index contributed by atoms with van der Waals surface area (Å²) < 4.78 is 16.2. The molecule has 1 fully saturated rings. The van der Waals surface area contributed by atoms with Crippen LogP contribution in [0.3, 0.4) is 0 Å². The van der Waals surface area contributed by atoms with Crippen molar-refractivity contribution in [2.24, 2.45) is 0 Å². The predicted molar refractivity (Wildman–Crippen MR) is 113 cm³/mol. The van der Waals surface area contributed by atoms with Crippen LogP contribution in [0.15, 0.2) is 42.5 Å². The fraction of sp³-hybridized carbons (Fsp3) is 0.440. The number of aromatic nitrogens is 1. The van der Waals surface area contributed by atoms with Crippen molar-refractivity contribution in [3.8, 4) is 0 Å². The van der Waals surface area contributed by atoms with Gasteiger partial charge in [0.05, 0.1) is 0 Å². The summed E-state index contributed by atoms with van der Waals surface area (Å²) in [6.07, 6.45) is 6.06. The van der Waals surface area contributed by atoms with Crippen molar-refractivity contribution in [3.05, 3.63) is 70.7 Å². The largest absolute Gasteiger partial charge is 0.341 e. The van der Waals surface area contributed by atoms with Crippen LogP contribution < -0.4 is 0 Å². The van der Waals surface area contributed by atoms with E-state index < -0.39 is 0 Å². The van der Waals surface area contributed by atoms with Crippen LogP contribution in [0.1, 0.15) is 60.0 Å². The molecular weight excluding hydrogens is 347 g/mol. The zero-order valence-electron chi connectivity index (χ0n) is 16.9. The lowest BCUT2D eigenvalue weighted by atomic mass is 9.79. The topological polar surface area (TPSA) is 8.17 Å². The molecular formula is C25H29FN2. The van der Waals surface area contributed by atoms with E-state index in [1.807, 2.05) is 12.1 Å². The summed E-state index contributed by atoms with van der Waals surface area (Å²) in [7, 11) is 2.23. The van der Waals surface area contributed by atoms with Gasteiger partial charge in [0, 0.05) is 48.1 Å². The minimum Gasteiger partial charge on any atom is -0.341 e. The Bertz CT molecular complexity index is 1000. The molecule has 2 heterocycles. The Hall–Kier alpha value is -2.13. The molecule has 1 aliphatic heterocycles. The average molecular weight is 377 g/mol. The van der Waals surface area contributed by atoms with Crippen LogP contribution in [-0.4, -0.2) is 23.1 Å². The Morgan fingerprint density at radius 2 is 1.79 bits per heavy atom. The van der Waals surface area contributed by atoms with Gasteiger partial charge in [0.2, 0.25) is 0 Å². The average Bonchev–Trinajstić information content (AvgIpc) is 3.01. The molecule has 2 atom stereocenters. The first-order valence-corrected chi connectivity index (χ1v) is 10.7. The normalized spacial score (nSPS) is 23.1. The Morgan fingerprint density at radius 3 is 2.61 bits per heavy atom. The second-order valence-electron chi connectivity index (χ2n) is 8.81. The summed E-state index contributed by atoms with van der Waals surface area (Å²) >= 11 is 0. The standard InChI is InChI=1S/C25H29FN2/c1-17-7-12-24-21(15-17)22-16-27(2)14-13-25(22)28(24)23-6-4-3-5-20(23)18-8-10-19(26)11-9-18/h7-12,15,20,23H,3-6,13-14,16H2,1-2H3/t20-,23+/m0/s1.